The summed E-state index contributed by atoms with van der Waals surface area (Å²) in [5, 5.41) is 4.00. The third kappa shape index (κ3) is 1.96. The smallest absolute Gasteiger partial charge is 0.211 e. The third-order valence-electron chi connectivity index (χ3n) is 2.65. The second-order valence-electron chi connectivity index (χ2n) is 4.39. The van der Waals surface area contributed by atoms with Crippen molar-refractivity contribution in [3.63, 3.8) is 0 Å². The number of fused-ring (bicyclic) bond motifs is 1. The van der Waals surface area contributed by atoms with Gasteiger partial charge < -0.3 is 9.57 Å². The summed E-state index contributed by atoms with van der Waals surface area (Å²) in [6, 6.07) is 0.00806. The molecule has 0 radical (unpaired) electrons. The molecule has 0 spiro atoms. The first-order valence-electron chi connectivity index (χ1n) is 5.77. The van der Waals surface area contributed by atoms with Crippen LogP contribution in [0.3, 0.4) is 0 Å². The van der Waals surface area contributed by atoms with Crippen LogP contribution in [0.15, 0.2) is 22.0 Å². The average Bonchev–Trinajstić information content (AvgIpc) is 2.60. The molecule has 0 aliphatic carbocycles. The van der Waals surface area contributed by atoms with Gasteiger partial charge in [0.25, 0.3) is 0 Å². The molecule has 0 amide bonds. The van der Waals surface area contributed by atoms with Gasteiger partial charge in [-0.3, -0.25) is 4.99 Å². The molecular formula is C12H18N2O2. The van der Waals surface area contributed by atoms with Crippen molar-refractivity contribution in [2.75, 3.05) is 0 Å². The van der Waals surface area contributed by atoms with E-state index in [1.807, 2.05) is 26.8 Å². The highest BCUT2D eigenvalue weighted by Gasteiger charge is 2.38. The van der Waals surface area contributed by atoms with E-state index < -0.39 is 0 Å². The van der Waals surface area contributed by atoms with E-state index >= 15 is 0 Å². The minimum atomic E-state index is -0.155. The number of nitrogens with zero attached hydrogens (tertiary/aromatic N) is 2. The maximum atomic E-state index is 5.77. The molecule has 2 atom stereocenters. The van der Waals surface area contributed by atoms with Crippen LogP contribution in [0.4, 0.5) is 0 Å². The Morgan fingerprint density at radius 1 is 1.50 bits per heavy atom. The molecule has 0 fully saturated rings. The van der Waals surface area contributed by atoms with E-state index in [-0.39, 0.29) is 18.2 Å². The molecule has 2 unspecified atom stereocenters. The van der Waals surface area contributed by atoms with E-state index in [0.717, 1.165) is 23.6 Å². The molecule has 0 bridgehead atoms. The molecule has 2 aliphatic rings. The van der Waals surface area contributed by atoms with Gasteiger partial charge >= 0.3 is 0 Å². The van der Waals surface area contributed by atoms with Crippen LogP contribution < -0.4 is 0 Å². The largest absolute Gasteiger partial charge is 0.491 e. The summed E-state index contributed by atoms with van der Waals surface area (Å²) in [4.78, 5) is 9.97. The summed E-state index contributed by atoms with van der Waals surface area (Å²) in [6.07, 6.45) is 2.88. The molecule has 16 heavy (non-hydrogen) atoms. The van der Waals surface area contributed by atoms with Crippen LogP contribution >= 0.6 is 0 Å². The van der Waals surface area contributed by atoms with Gasteiger partial charge in [-0.1, -0.05) is 12.1 Å². The van der Waals surface area contributed by atoms with Crippen molar-refractivity contribution >= 4 is 11.4 Å². The molecule has 4 nitrogen and oxygen atoms in total. The lowest BCUT2D eigenvalue weighted by Crippen LogP contribution is -2.34. The summed E-state index contributed by atoms with van der Waals surface area (Å²) >= 11 is 0. The van der Waals surface area contributed by atoms with Crippen molar-refractivity contribution in [1.82, 2.24) is 0 Å². The first kappa shape index (κ1) is 11.2. The lowest BCUT2D eigenvalue weighted by Gasteiger charge is -2.24. The SMILES string of the molecule is CCC1=NC2C(C)=NOC2C(OC(C)C)=C1. The summed E-state index contributed by atoms with van der Waals surface area (Å²) in [5.74, 6) is 0.854. The maximum Gasteiger partial charge on any atom is 0.211 e. The van der Waals surface area contributed by atoms with Crippen molar-refractivity contribution in [3.8, 4) is 0 Å². The van der Waals surface area contributed by atoms with Gasteiger partial charge in [0.15, 0.2) is 0 Å². The normalized spacial score (nSPS) is 27.9. The minimum absolute atomic E-state index is 0.00806. The molecule has 0 aromatic rings. The molecule has 2 aliphatic heterocycles. The van der Waals surface area contributed by atoms with E-state index in [2.05, 4.69) is 17.1 Å². The fourth-order valence-corrected chi connectivity index (χ4v) is 1.87. The van der Waals surface area contributed by atoms with Crippen molar-refractivity contribution in [2.45, 2.75) is 52.4 Å². The highest BCUT2D eigenvalue weighted by Crippen LogP contribution is 2.27. The number of oxime groups is 1. The Morgan fingerprint density at radius 3 is 2.88 bits per heavy atom. The van der Waals surface area contributed by atoms with Gasteiger partial charge in [-0.2, -0.15) is 0 Å². The highest BCUT2D eigenvalue weighted by molar-refractivity contribution is 6.00. The maximum absolute atomic E-state index is 5.77. The summed E-state index contributed by atoms with van der Waals surface area (Å²) in [5.41, 5.74) is 1.98. The van der Waals surface area contributed by atoms with E-state index in [0.29, 0.717) is 0 Å². The number of aliphatic imine (C=N–C) groups is 1. The molecule has 0 N–H and O–H groups in total. The molecule has 2 heterocycles. The Hall–Kier alpha value is -1.32. The number of dihydropyridines is 1. The van der Waals surface area contributed by atoms with Gasteiger partial charge in [0.2, 0.25) is 6.10 Å². The number of rotatable bonds is 3. The Kier molecular flexibility index (Phi) is 2.99. The Morgan fingerprint density at radius 2 is 2.25 bits per heavy atom. The first-order valence-corrected chi connectivity index (χ1v) is 5.77. The zero-order chi connectivity index (χ0) is 11.7. The fourth-order valence-electron chi connectivity index (χ4n) is 1.87. The van der Waals surface area contributed by atoms with Gasteiger partial charge in [-0.25, -0.2) is 0 Å². The zero-order valence-electron chi connectivity index (χ0n) is 10.2. The second-order valence-corrected chi connectivity index (χ2v) is 4.39. The lowest BCUT2D eigenvalue weighted by molar-refractivity contribution is 0.0284. The number of ether oxygens (including phenoxy) is 1. The minimum Gasteiger partial charge on any atom is -0.491 e. The third-order valence-corrected chi connectivity index (χ3v) is 2.65. The molecule has 88 valence electrons. The average molecular weight is 222 g/mol. The van der Waals surface area contributed by atoms with Crippen molar-refractivity contribution in [3.05, 3.63) is 11.8 Å². The van der Waals surface area contributed by atoms with Crippen molar-refractivity contribution < 1.29 is 9.57 Å². The second kappa shape index (κ2) is 4.28. The van der Waals surface area contributed by atoms with Crippen LogP contribution in [-0.4, -0.2) is 29.7 Å². The zero-order valence-corrected chi connectivity index (χ0v) is 10.2. The lowest BCUT2D eigenvalue weighted by atomic mass is 10.0. The first-order chi connectivity index (χ1) is 7.61. The predicted octanol–water partition coefficient (Wildman–Crippen LogP) is 2.30. The van der Waals surface area contributed by atoms with E-state index in [9.17, 15) is 0 Å². The van der Waals surface area contributed by atoms with Crippen LogP contribution in [-0.2, 0) is 9.57 Å². The molecule has 2 rings (SSSR count). The number of hydrogen-bond acceptors (Lipinski definition) is 4. The summed E-state index contributed by atoms with van der Waals surface area (Å²) < 4.78 is 5.77. The van der Waals surface area contributed by atoms with E-state index in [4.69, 9.17) is 9.57 Å². The Labute approximate surface area is 96.0 Å². The molecule has 4 heteroatoms. The van der Waals surface area contributed by atoms with E-state index in [1.165, 1.54) is 0 Å². The number of hydrogen-bond donors (Lipinski definition) is 0. The number of allylic oxidation sites excluding steroid dienone is 1. The van der Waals surface area contributed by atoms with Crippen LogP contribution in [0.2, 0.25) is 0 Å². The predicted molar refractivity (Wildman–Crippen MR) is 63.8 cm³/mol. The van der Waals surface area contributed by atoms with Crippen LogP contribution in [0.5, 0.6) is 0 Å². The van der Waals surface area contributed by atoms with Crippen LogP contribution in [0.1, 0.15) is 34.1 Å². The Balaban J connectivity index is 2.24. The van der Waals surface area contributed by atoms with E-state index in [1.54, 1.807) is 0 Å². The summed E-state index contributed by atoms with van der Waals surface area (Å²) in [7, 11) is 0. The van der Waals surface area contributed by atoms with Crippen LogP contribution in [0.25, 0.3) is 0 Å². The topological polar surface area (TPSA) is 43.2 Å². The van der Waals surface area contributed by atoms with Gasteiger partial charge in [0, 0.05) is 11.8 Å². The monoisotopic (exact) mass is 222 g/mol. The van der Waals surface area contributed by atoms with Crippen molar-refractivity contribution in [2.24, 2.45) is 10.1 Å². The highest BCUT2D eigenvalue weighted by atomic mass is 16.7. The molecule has 0 aromatic heterocycles. The molecule has 0 saturated heterocycles. The van der Waals surface area contributed by atoms with Crippen molar-refractivity contribution in [1.29, 1.82) is 0 Å². The summed E-state index contributed by atoms with van der Waals surface area (Å²) in [6.45, 7) is 8.05. The molecule has 0 aromatic carbocycles. The van der Waals surface area contributed by atoms with Gasteiger partial charge in [-0.05, 0) is 27.2 Å². The fraction of sp³-hybridized carbons (Fsp3) is 0.667. The van der Waals surface area contributed by atoms with Gasteiger partial charge in [0.05, 0.1) is 11.8 Å². The molecule has 0 saturated carbocycles. The van der Waals surface area contributed by atoms with Crippen LogP contribution in [0, 0.1) is 0 Å². The quantitative estimate of drug-likeness (QED) is 0.735. The molecular weight excluding hydrogens is 204 g/mol. The Bertz CT molecular complexity index is 369. The van der Waals surface area contributed by atoms with Gasteiger partial charge in [0.1, 0.15) is 11.8 Å². The standard InChI is InChI=1S/C12H18N2O2/c1-5-9-6-10(15-7(2)3)12-11(13-9)8(4)14-16-12/h6-7,11-12H,5H2,1-4H3. The van der Waals surface area contributed by atoms with Gasteiger partial charge in [-0.15, -0.1) is 0 Å².